The van der Waals surface area contributed by atoms with Gasteiger partial charge in [-0.05, 0) is 38.5 Å². The second-order valence-electron chi connectivity index (χ2n) is 6.39. The van der Waals surface area contributed by atoms with Gasteiger partial charge in [0.25, 0.3) is 0 Å². The van der Waals surface area contributed by atoms with E-state index >= 15 is 0 Å². The summed E-state index contributed by atoms with van der Waals surface area (Å²) < 4.78 is 10.0. The molecule has 0 amide bonds. The van der Waals surface area contributed by atoms with Crippen LogP contribution in [0, 0.1) is 0 Å². The fourth-order valence-electron chi connectivity index (χ4n) is 2.78. The molecule has 5 nitrogen and oxygen atoms in total. The highest BCUT2D eigenvalue weighted by Gasteiger charge is 2.11. The predicted molar refractivity (Wildman–Crippen MR) is 94.7 cm³/mol. The summed E-state index contributed by atoms with van der Waals surface area (Å²) in [7, 11) is 1.43. The Bertz CT molecular complexity index is 317. The SMILES string of the molecule is COC(=O)CCCCCCCC[C@H](CCCCCCO)OC(C)=O. The van der Waals surface area contributed by atoms with Crippen LogP contribution in [0.3, 0.4) is 0 Å². The minimum atomic E-state index is -0.196. The van der Waals surface area contributed by atoms with Crippen LogP contribution in [0.5, 0.6) is 0 Å². The summed E-state index contributed by atoms with van der Waals surface area (Å²) in [6.07, 6.45) is 12.9. The smallest absolute Gasteiger partial charge is 0.305 e. The Kier molecular flexibility index (Phi) is 16.0. The third-order valence-corrected chi connectivity index (χ3v) is 4.15. The van der Waals surface area contributed by atoms with E-state index in [1.807, 2.05) is 0 Å². The number of carbonyl (C=O) groups is 2. The topological polar surface area (TPSA) is 72.8 Å². The first-order valence-electron chi connectivity index (χ1n) is 9.45. The van der Waals surface area contributed by atoms with Crippen LogP contribution >= 0.6 is 0 Å². The molecule has 142 valence electrons. The summed E-state index contributed by atoms with van der Waals surface area (Å²) in [6, 6.07) is 0. The summed E-state index contributed by atoms with van der Waals surface area (Å²) >= 11 is 0. The first kappa shape index (κ1) is 22.9. The highest BCUT2D eigenvalue weighted by Crippen LogP contribution is 2.16. The first-order valence-corrected chi connectivity index (χ1v) is 9.45. The van der Waals surface area contributed by atoms with Gasteiger partial charge < -0.3 is 14.6 Å². The standard InChI is InChI=1S/C19H36O5/c1-17(21)24-18(14-10-7-8-12-16-20)13-9-5-3-4-6-11-15-19(22)23-2/h18,20H,3-16H2,1-2H3/t18-/m1/s1. The molecule has 0 saturated heterocycles. The molecule has 0 unspecified atom stereocenters. The number of unbranched alkanes of at least 4 members (excludes halogenated alkanes) is 8. The van der Waals surface area contributed by atoms with Crippen LogP contribution in [0.2, 0.25) is 0 Å². The van der Waals surface area contributed by atoms with Crippen molar-refractivity contribution < 1.29 is 24.2 Å². The van der Waals surface area contributed by atoms with Crippen molar-refractivity contribution in [2.24, 2.45) is 0 Å². The molecule has 0 spiro atoms. The number of esters is 2. The highest BCUT2D eigenvalue weighted by molar-refractivity contribution is 5.68. The van der Waals surface area contributed by atoms with Gasteiger partial charge in [-0.25, -0.2) is 0 Å². The van der Waals surface area contributed by atoms with Crippen LogP contribution < -0.4 is 0 Å². The molecule has 0 saturated carbocycles. The first-order chi connectivity index (χ1) is 11.6. The zero-order valence-corrected chi connectivity index (χ0v) is 15.6. The number of hydrogen-bond acceptors (Lipinski definition) is 5. The molecule has 0 radical (unpaired) electrons. The van der Waals surface area contributed by atoms with Gasteiger partial charge in [0.2, 0.25) is 0 Å². The molecule has 0 fully saturated rings. The largest absolute Gasteiger partial charge is 0.469 e. The molecule has 0 aliphatic heterocycles. The maximum atomic E-state index is 11.2. The molecule has 24 heavy (non-hydrogen) atoms. The third-order valence-electron chi connectivity index (χ3n) is 4.15. The molecule has 5 heteroatoms. The van der Waals surface area contributed by atoms with E-state index in [-0.39, 0.29) is 24.6 Å². The van der Waals surface area contributed by atoms with E-state index in [0.717, 1.165) is 77.0 Å². The van der Waals surface area contributed by atoms with Gasteiger partial charge in [0.1, 0.15) is 6.10 Å². The van der Waals surface area contributed by atoms with Gasteiger partial charge in [-0.3, -0.25) is 9.59 Å². The van der Waals surface area contributed by atoms with Gasteiger partial charge in [-0.1, -0.05) is 38.5 Å². The van der Waals surface area contributed by atoms with E-state index in [0.29, 0.717) is 6.42 Å². The Labute approximate surface area is 147 Å². The van der Waals surface area contributed by atoms with Crippen molar-refractivity contribution >= 4 is 11.9 Å². The lowest BCUT2D eigenvalue weighted by molar-refractivity contribution is -0.147. The molecule has 0 aliphatic carbocycles. The average Bonchev–Trinajstić information content (AvgIpc) is 2.55. The van der Waals surface area contributed by atoms with Crippen molar-refractivity contribution in [1.29, 1.82) is 0 Å². The Balaban J connectivity index is 3.63. The number of aliphatic hydroxyl groups is 1. The molecule has 0 rings (SSSR count). The molecule has 1 N–H and O–H groups in total. The van der Waals surface area contributed by atoms with Gasteiger partial charge in [0, 0.05) is 20.0 Å². The number of rotatable bonds is 16. The van der Waals surface area contributed by atoms with Gasteiger partial charge >= 0.3 is 11.9 Å². The van der Waals surface area contributed by atoms with Crippen molar-refractivity contribution in [3.63, 3.8) is 0 Å². The summed E-state index contributed by atoms with van der Waals surface area (Å²) in [5.74, 6) is -0.323. The predicted octanol–water partition coefficient (Wildman–Crippen LogP) is 4.15. The molecule has 0 aromatic rings. The van der Waals surface area contributed by atoms with E-state index < -0.39 is 0 Å². The third kappa shape index (κ3) is 15.8. The molecule has 0 heterocycles. The van der Waals surface area contributed by atoms with Gasteiger partial charge in [-0.15, -0.1) is 0 Å². The van der Waals surface area contributed by atoms with E-state index in [9.17, 15) is 9.59 Å². The van der Waals surface area contributed by atoms with Crippen LogP contribution in [-0.4, -0.2) is 36.9 Å². The van der Waals surface area contributed by atoms with Crippen LogP contribution in [0.1, 0.15) is 90.4 Å². The van der Waals surface area contributed by atoms with E-state index in [4.69, 9.17) is 9.84 Å². The monoisotopic (exact) mass is 344 g/mol. The molecule has 0 bridgehead atoms. The lowest BCUT2D eigenvalue weighted by Crippen LogP contribution is -2.16. The van der Waals surface area contributed by atoms with E-state index in [2.05, 4.69) is 4.74 Å². The Hall–Kier alpha value is -1.10. The zero-order chi connectivity index (χ0) is 18.0. The summed E-state index contributed by atoms with van der Waals surface area (Å²) in [4.78, 5) is 22.2. The molecule has 0 aromatic heterocycles. The Morgan fingerprint density at radius 1 is 0.833 bits per heavy atom. The van der Waals surface area contributed by atoms with Crippen LogP contribution in [0.25, 0.3) is 0 Å². The number of carbonyl (C=O) groups excluding carboxylic acids is 2. The molecular weight excluding hydrogens is 308 g/mol. The number of hydrogen-bond donors (Lipinski definition) is 1. The van der Waals surface area contributed by atoms with E-state index in [1.165, 1.54) is 14.0 Å². The lowest BCUT2D eigenvalue weighted by atomic mass is 10.0. The summed E-state index contributed by atoms with van der Waals surface area (Å²) in [5, 5.41) is 8.76. The summed E-state index contributed by atoms with van der Waals surface area (Å²) in [6.45, 7) is 1.73. The van der Waals surface area contributed by atoms with Gasteiger partial charge in [0.15, 0.2) is 0 Å². The molecular formula is C19H36O5. The zero-order valence-electron chi connectivity index (χ0n) is 15.6. The minimum Gasteiger partial charge on any atom is -0.469 e. The maximum absolute atomic E-state index is 11.2. The van der Waals surface area contributed by atoms with Crippen molar-refractivity contribution in [3.8, 4) is 0 Å². The fraction of sp³-hybridized carbons (Fsp3) is 0.895. The number of methoxy groups -OCH3 is 1. The van der Waals surface area contributed by atoms with Crippen LogP contribution in [0.15, 0.2) is 0 Å². The Morgan fingerprint density at radius 2 is 1.33 bits per heavy atom. The molecule has 0 aromatic carbocycles. The Morgan fingerprint density at radius 3 is 1.83 bits per heavy atom. The normalized spacial score (nSPS) is 12.0. The maximum Gasteiger partial charge on any atom is 0.305 e. The van der Waals surface area contributed by atoms with Crippen LogP contribution in [0.4, 0.5) is 0 Å². The second kappa shape index (κ2) is 16.7. The fourth-order valence-corrected chi connectivity index (χ4v) is 2.78. The second-order valence-corrected chi connectivity index (χ2v) is 6.39. The molecule has 0 aliphatic rings. The minimum absolute atomic E-state index is 0.0379. The lowest BCUT2D eigenvalue weighted by Gasteiger charge is -2.17. The van der Waals surface area contributed by atoms with Crippen molar-refractivity contribution in [3.05, 3.63) is 0 Å². The number of ether oxygens (including phenoxy) is 2. The average molecular weight is 344 g/mol. The van der Waals surface area contributed by atoms with Crippen molar-refractivity contribution in [2.75, 3.05) is 13.7 Å². The van der Waals surface area contributed by atoms with Gasteiger partial charge in [-0.2, -0.15) is 0 Å². The summed E-state index contributed by atoms with van der Waals surface area (Å²) in [5.41, 5.74) is 0. The van der Waals surface area contributed by atoms with Crippen molar-refractivity contribution in [1.82, 2.24) is 0 Å². The van der Waals surface area contributed by atoms with Crippen molar-refractivity contribution in [2.45, 2.75) is 96.5 Å². The quantitative estimate of drug-likeness (QED) is 0.336. The highest BCUT2D eigenvalue weighted by atomic mass is 16.5. The van der Waals surface area contributed by atoms with E-state index in [1.54, 1.807) is 0 Å². The number of aliphatic hydroxyl groups excluding tert-OH is 1. The van der Waals surface area contributed by atoms with Gasteiger partial charge in [0.05, 0.1) is 7.11 Å². The molecule has 1 atom stereocenters. The van der Waals surface area contributed by atoms with Crippen LogP contribution in [-0.2, 0) is 19.1 Å².